The number of benzene rings is 1. The van der Waals surface area contributed by atoms with Crippen LogP contribution in [0.15, 0.2) is 47.5 Å². The van der Waals surface area contributed by atoms with Gasteiger partial charge in [-0.2, -0.15) is 0 Å². The zero-order valence-electron chi connectivity index (χ0n) is 12.6. The zero-order chi connectivity index (χ0) is 13.9. The number of rotatable bonds is 6. The Bertz CT molecular complexity index is 401. The fourth-order valence-electron chi connectivity index (χ4n) is 1.81. The van der Waals surface area contributed by atoms with Gasteiger partial charge >= 0.3 is 0 Å². The van der Waals surface area contributed by atoms with E-state index in [1.54, 1.807) is 7.05 Å². The number of allylic oxidation sites excluding steroid dienone is 1. The van der Waals surface area contributed by atoms with Crippen molar-refractivity contribution in [2.45, 2.75) is 26.2 Å². The maximum absolute atomic E-state index is 4.22. The minimum absolute atomic E-state index is 0. The number of hydrogen-bond acceptors (Lipinski definition) is 1. The molecule has 1 rings (SSSR count). The van der Waals surface area contributed by atoms with E-state index in [-0.39, 0.29) is 24.0 Å². The smallest absolute Gasteiger partial charge is 0.191 e. The Hall–Kier alpha value is -1.04. The molecule has 0 amide bonds. The lowest BCUT2D eigenvalue weighted by atomic mass is 10.0. The summed E-state index contributed by atoms with van der Waals surface area (Å²) in [7, 11) is 1.80. The van der Waals surface area contributed by atoms with Gasteiger partial charge in [-0.15, -0.1) is 24.0 Å². The maximum atomic E-state index is 4.22. The molecule has 112 valence electrons. The standard InChI is InChI=1S/C16H25N3.HI/c1-4-5-9-12-18-16(17-3)19-13-14(2)15-10-7-6-8-11-15;/h4-8,10-11,14H,9,12-13H2,1-3H3,(H2,17,18,19);1H. The normalized spacial score (nSPS) is 12.8. The van der Waals surface area contributed by atoms with Crippen LogP contribution in [0.1, 0.15) is 31.7 Å². The number of nitrogens with one attached hydrogen (secondary N) is 2. The molecule has 4 heteroatoms. The summed E-state index contributed by atoms with van der Waals surface area (Å²) < 4.78 is 0. The SMILES string of the molecule is CC=CCCNC(=NC)NCC(C)c1ccccc1.I. The molecule has 2 N–H and O–H groups in total. The van der Waals surface area contributed by atoms with Crippen molar-refractivity contribution in [1.82, 2.24) is 10.6 Å². The molecule has 0 saturated carbocycles. The summed E-state index contributed by atoms with van der Waals surface area (Å²) in [4.78, 5) is 4.22. The van der Waals surface area contributed by atoms with Crippen LogP contribution in [0.25, 0.3) is 0 Å². The van der Waals surface area contributed by atoms with E-state index in [1.807, 2.05) is 13.0 Å². The number of nitrogens with zero attached hydrogens (tertiary/aromatic N) is 1. The van der Waals surface area contributed by atoms with E-state index in [0.29, 0.717) is 5.92 Å². The van der Waals surface area contributed by atoms with Crippen molar-refractivity contribution in [3.63, 3.8) is 0 Å². The van der Waals surface area contributed by atoms with Crippen LogP contribution >= 0.6 is 24.0 Å². The molecule has 1 aromatic rings. The number of halogens is 1. The molecule has 0 aliphatic heterocycles. The topological polar surface area (TPSA) is 36.4 Å². The van der Waals surface area contributed by atoms with Crippen LogP contribution in [0.5, 0.6) is 0 Å². The van der Waals surface area contributed by atoms with Gasteiger partial charge in [0.1, 0.15) is 0 Å². The third kappa shape index (κ3) is 7.53. The molecule has 1 unspecified atom stereocenters. The molecule has 0 fully saturated rings. The van der Waals surface area contributed by atoms with Crippen LogP contribution < -0.4 is 10.6 Å². The number of guanidine groups is 1. The van der Waals surface area contributed by atoms with Gasteiger partial charge < -0.3 is 10.6 Å². The van der Waals surface area contributed by atoms with Crippen LogP contribution in [-0.2, 0) is 0 Å². The van der Waals surface area contributed by atoms with Crippen LogP contribution in [0, 0.1) is 0 Å². The second kappa shape index (κ2) is 11.8. The highest BCUT2D eigenvalue weighted by atomic mass is 127. The highest BCUT2D eigenvalue weighted by molar-refractivity contribution is 14.0. The van der Waals surface area contributed by atoms with E-state index in [0.717, 1.165) is 25.5 Å². The lowest BCUT2D eigenvalue weighted by Crippen LogP contribution is -2.39. The van der Waals surface area contributed by atoms with E-state index in [9.17, 15) is 0 Å². The van der Waals surface area contributed by atoms with Crippen molar-refractivity contribution in [1.29, 1.82) is 0 Å². The van der Waals surface area contributed by atoms with Gasteiger partial charge in [0.15, 0.2) is 5.96 Å². The molecule has 0 bridgehead atoms. The Labute approximate surface area is 140 Å². The number of aliphatic imine (C=N–C) groups is 1. The van der Waals surface area contributed by atoms with Crippen LogP contribution in [0.4, 0.5) is 0 Å². The molecule has 1 atom stereocenters. The molecule has 20 heavy (non-hydrogen) atoms. The molecular formula is C16H26IN3. The molecule has 1 aromatic carbocycles. The summed E-state index contributed by atoms with van der Waals surface area (Å²) in [5.74, 6) is 1.34. The minimum Gasteiger partial charge on any atom is -0.356 e. The van der Waals surface area contributed by atoms with E-state index in [4.69, 9.17) is 0 Å². The maximum Gasteiger partial charge on any atom is 0.191 e. The van der Waals surface area contributed by atoms with Crippen molar-refractivity contribution >= 4 is 29.9 Å². The van der Waals surface area contributed by atoms with Gasteiger partial charge in [-0.1, -0.05) is 49.4 Å². The molecule has 0 aromatic heterocycles. The Morgan fingerprint density at radius 2 is 1.95 bits per heavy atom. The van der Waals surface area contributed by atoms with Gasteiger partial charge in [-0.25, -0.2) is 0 Å². The highest BCUT2D eigenvalue weighted by Gasteiger charge is 2.05. The molecule has 0 radical (unpaired) electrons. The van der Waals surface area contributed by atoms with Crippen LogP contribution in [-0.4, -0.2) is 26.1 Å². The third-order valence-electron chi connectivity index (χ3n) is 3.01. The summed E-state index contributed by atoms with van der Waals surface area (Å²) in [6, 6.07) is 10.5. The fourth-order valence-corrected chi connectivity index (χ4v) is 1.81. The first-order valence-electron chi connectivity index (χ1n) is 6.88. The predicted octanol–water partition coefficient (Wildman–Crippen LogP) is 3.54. The first-order valence-corrected chi connectivity index (χ1v) is 6.88. The molecule has 0 aliphatic carbocycles. The lowest BCUT2D eigenvalue weighted by Gasteiger charge is -2.16. The number of hydrogen-bond donors (Lipinski definition) is 2. The quantitative estimate of drug-likeness (QED) is 0.258. The van der Waals surface area contributed by atoms with Gasteiger partial charge in [-0.05, 0) is 24.8 Å². The zero-order valence-corrected chi connectivity index (χ0v) is 14.9. The Morgan fingerprint density at radius 3 is 2.55 bits per heavy atom. The largest absolute Gasteiger partial charge is 0.356 e. The fraction of sp³-hybridized carbons (Fsp3) is 0.438. The summed E-state index contributed by atoms with van der Waals surface area (Å²) >= 11 is 0. The van der Waals surface area contributed by atoms with Gasteiger partial charge in [0.25, 0.3) is 0 Å². The second-order valence-electron chi connectivity index (χ2n) is 4.55. The van der Waals surface area contributed by atoms with E-state index < -0.39 is 0 Å². The first kappa shape index (κ1) is 19.0. The van der Waals surface area contributed by atoms with Gasteiger partial charge in [0.05, 0.1) is 0 Å². The average molecular weight is 387 g/mol. The van der Waals surface area contributed by atoms with Crippen molar-refractivity contribution in [2.24, 2.45) is 4.99 Å². The molecular weight excluding hydrogens is 361 g/mol. The Kier molecular flexibility index (Phi) is 11.1. The first-order chi connectivity index (χ1) is 9.27. The molecule has 0 spiro atoms. The van der Waals surface area contributed by atoms with Crippen molar-refractivity contribution < 1.29 is 0 Å². The van der Waals surface area contributed by atoms with Gasteiger partial charge in [0.2, 0.25) is 0 Å². The van der Waals surface area contributed by atoms with Gasteiger partial charge in [-0.3, -0.25) is 4.99 Å². The van der Waals surface area contributed by atoms with Crippen molar-refractivity contribution in [3.05, 3.63) is 48.0 Å². The van der Waals surface area contributed by atoms with Crippen LogP contribution in [0.3, 0.4) is 0 Å². The van der Waals surface area contributed by atoms with E-state index in [1.165, 1.54) is 5.56 Å². The Morgan fingerprint density at radius 1 is 1.25 bits per heavy atom. The average Bonchev–Trinajstić information content (AvgIpc) is 2.47. The summed E-state index contributed by atoms with van der Waals surface area (Å²) in [5.41, 5.74) is 1.35. The molecule has 0 heterocycles. The molecule has 0 aliphatic rings. The Balaban J connectivity index is 0.00000361. The van der Waals surface area contributed by atoms with Crippen LogP contribution in [0.2, 0.25) is 0 Å². The molecule has 0 saturated heterocycles. The second-order valence-corrected chi connectivity index (χ2v) is 4.55. The minimum atomic E-state index is 0. The molecule has 3 nitrogen and oxygen atoms in total. The highest BCUT2D eigenvalue weighted by Crippen LogP contribution is 2.12. The summed E-state index contributed by atoms with van der Waals surface area (Å²) in [6.07, 6.45) is 5.23. The monoisotopic (exact) mass is 387 g/mol. The van der Waals surface area contributed by atoms with E-state index in [2.05, 4.69) is 59.0 Å². The summed E-state index contributed by atoms with van der Waals surface area (Å²) in [6.45, 7) is 6.04. The van der Waals surface area contributed by atoms with Crippen molar-refractivity contribution in [2.75, 3.05) is 20.1 Å². The van der Waals surface area contributed by atoms with E-state index >= 15 is 0 Å². The summed E-state index contributed by atoms with van der Waals surface area (Å²) in [5, 5.41) is 6.66. The predicted molar refractivity (Wildman–Crippen MR) is 99.1 cm³/mol. The van der Waals surface area contributed by atoms with Crippen molar-refractivity contribution in [3.8, 4) is 0 Å². The lowest BCUT2D eigenvalue weighted by molar-refractivity contribution is 0.699. The third-order valence-corrected chi connectivity index (χ3v) is 3.01. The van der Waals surface area contributed by atoms with Gasteiger partial charge in [0, 0.05) is 20.1 Å².